The number of fused-ring (bicyclic) bond motifs is 3. The van der Waals surface area contributed by atoms with Gasteiger partial charge >= 0.3 is 0 Å². The van der Waals surface area contributed by atoms with Gasteiger partial charge in [0.05, 0.1) is 11.0 Å². The molecule has 8 aromatic rings. The average Bonchev–Trinajstić information content (AvgIpc) is 3.44. The van der Waals surface area contributed by atoms with E-state index in [1.165, 1.54) is 38.5 Å². The zero-order chi connectivity index (χ0) is 31.9. The monoisotopic (exact) mass is 708 g/mol. The summed E-state index contributed by atoms with van der Waals surface area (Å²) in [4.78, 5) is 2.20. The van der Waals surface area contributed by atoms with Crippen LogP contribution in [0.25, 0.3) is 49.7 Å². The van der Waals surface area contributed by atoms with Crippen LogP contribution in [-0.2, 0) is 0 Å². The third-order valence-corrected chi connectivity index (χ3v) is 9.64. The maximum absolute atomic E-state index is 6.23. The summed E-state index contributed by atoms with van der Waals surface area (Å²) >= 11 is 16.0. The SMILES string of the molecule is Clc1ccc(N(c2ccc(Cl)cc2)c2ccc(-c3ccc4c(c3)c3ccccc3n4-c3ccc(-c4ccc(Br)cc4)cc3)cc2)cc1. The van der Waals surface area contributed by atoms with E-state index in [4.69, 9.17) is 23.2 Å². The highest BCUT2D eigenvalue weighted by Gasteiger charge is 2.15. The Bertz CT molecular complexity index is 2300. The zero-order valence-corrected chi connectivity index (χ0v) is 28.2. The van der Waals surface area contributed by atoms with Crippen LogP contribution in [0, 0.1) is 0 Å². The number of hydrogen-bond acceptors (Lipinski definition) is 1. The van der Waals surface area contributed by atoms with Gasteiger partial charge in [0.1, 0.15) is 0 Å². The van der Waals surface area contributed by atoms with Crippen molar-refractivity contribution in [3.05, 3.63) is 178 Å². The van der Waals surface area contributed by atoms with Crippen molar-refractivity contribution in [2.45, 2.75) is 0 Å². The summed E-state index contributed by atoms with van der Waals surface area (Å²) in [6, 6.07) is 57.2. The topological polar surface area (TPSA) is 8.17 Å². The second-order valence-corrected chi connectivity index (χ2v) is 13.3. The zero-order valence-electron chi connectivity index (χ0n) is 25.1. The van der Waals surface area contributed by atoms with E-state index in [9.17, 15) is 0 Å². The number of para-hydroxylation sites is 1. The maximum Gasteiger partial charge on any atom is 0.0541 e. The average molecular weight is 711 g/mol. The molecule has 0 unspecified atom stereocenters. The van der Waals surface area contributed by atoms with Crippen molar-refractivity contribution in [3.63, 3.8) is 0 Å². The number of benzene rings is 7. The van der Waals surface area contributed by atoms with Gasteiger partial charge in [-0.2, -0.15) is 0 Å². The molecule has 0 spiro atoms. The van der Waals surface area contributed by atoms with E-state index < -0.39 is 0 Å². The Morgan fingerprint density at radius 2 is 0.872 bits per heavy atom. The van der Waals surface area contributed by atoms with E-state index in [0.717, 1.165) is 32.8 Å². The number of hydrogen-bond donors (Lipinski definition) is 0. The van der Waals surface area contributed by atoms with Crippen molar-refractivity contribution in [2.24, 2.45) is 0 Å². The normalized spacial score (nSPS) is 11.3. The first kappa shape index (κ1) is 29.6. The van der Waals surface area contributed by atoms with Gasteiger partial charge in [-0.3, -0.25) is 0 Å². The summed E-state index contributed by atoms with van der Waals surface area (Å²) in [5, 5.41) is 3.86. The van der Waals surface area contributed by atoms with Crippen LogP contribution in [0.3, 0.4) is 0 Å². The van der Waals surface area contributed by atoms with Gasteiger partial charge < -0.3 is 9.47 Å². The molecule has 0 saturated heterocycles. The molecule has 0 bridgehead atoms. The summed E-state index contributed by atoms with van der Waals surface area (Å²) in [7, 11) is 0. The molecule has 0 radical (unpaired) electrons. The third-order valence-electron chi connectivity index (χ3n) is 8.60. The molecular weight excluding hydrogens is 683 g/mol. The van der Waals surface area contributed by atoms with Crippen LogP contribution in [0.1, 0.15) is 0 Å². The fourth-order valence-electron chi connectivity index (χ4n) is 6.31. The first-order chi connectivity index (χ1) is 23.0. The molecule has 8 rings (SSSR count). The minimum absolute atomic E-state index is 0.703. The van der Waals surface area contributed by atoms with Crippen molar-refractivity contribution in [3.8, 4) is 27.9 Å². The van der Waals surface area contributed by atoms with Crippen molar-refractivity contribution in [1.82, 2.24) is 4.57 Å². The van der Waals surface area contributed by atoms with Gasteiger partial charge in [-0.15, -0.1) is 0 Å². The molecule has 5 heteroatoms. The number of nitrogens with zero attached hydrogens (tertiary/aromatic N) is 2. The first-order valence-electron chi connectivity index (χ1n) is 15.3. The second-order valence-electron chi connectivity index (χ2n) is 11.5. The summed E-state index contributed by atoms with van der Waals surface area (Å²) in [6.45, 7) is 0. The smallest absolute Gasteiger partial charge is 0.0541 e. The summed E-state index contributed by atoms with van der Waals surface area (Å²) in [5.74, 6) is 0. The molecular formula is C42H27BrCl2N2. The Kier molecular flexibility index (Phi) is 7.82. The molecule has 226 valence electrons. The Morgan fingerprint density at radius 3 is 1.47 bits per heavy atom. The van der Waals surface area contributed by atoms with E-state index in [1.54, 1.807) is 0 Å². The molecule has 2 nitrogen and oxygen atoms in total. The molecule has 0 N–H and O–H groups in total. The third kappa shape index (κ3) is 5.72. The van der Waals surface area contributed by atoms with Crippen molar-refractivity contribution in [1.29, 1.82) is 0 Å². The number of aromatic nitrogens is 1. The highest BCUT2D eigenvalue weighted by Crippen LogP contribution is 2.39. The van der Waals surface area contributed by atoms with Gasteiger partial charge in [-0.1, -0.05) is 99.8 Å². The lowest BCUT2D eigenvalue weighted by molar-refractivity contribution is 1.18. The fourth-order valence-corrected chi connectivity index (χ4v) is 6.82. The Balaban J connectivity index is 1.17. The highest BCUT2D eigenvalue weighted by atomic mass is 79.9. The maximum atomic E-state index is 6.23. The molecule has 0 amide bonds. The van der Waals surface area contributed by atoms with Crippen LogP contribution in [-0.4, -0.2) is 4.57 Å². The van der Waals surface area contributed by atoms with Gasteiger partial charge in [-0.25, -0.2) is 0 Å². The molecule has 1 aromatic heterocycles. The predicted octanol–water partition coefficient (Wildman–Crippen LogP) is 13.7. The molecule has 0 aliphatic carbocycles. The van der Waals surface area contributed by atoms with Crippen LogP contribution in [0.4, 0.5) is 17.1 Å². The molecule has 0 aliphatic heterocycles. The van der Waals surface area contributed by atoms with Crippen molar-refractivity contribution in [2.75, 3.05) is 4.90 Å². The number of rotatable bonds is 6. The molecule has 0 aliphatic rings. The van der Waals surface area contributed by atoms with Gasteiger partial charge in [0.2, 0.25) is 0 Å². The summed E-state index contributed by atoms with van der Waals surface area (Å²) < 4.78 is 3.44. The van der Waals surface area contributed by atoms with Crippen LogP contribution >= 0.6 is 39.1 Å². The quantitative estimate of drug-likeness (QED) is 0.167. The van der Waals surface area contributed by atoms with Crippen LogP contribution in [0.2, 0.25) is 10.0 Å². The van der Waals surface area contributed by atoms with E-state index in [2.05, 4.69) is 141 Å². The second kappa shape index (κ2) is 12.4. The van der Waals surface area contributed by atoms with E-state index in [1.807, 2.05) is 48.5 Å². The van der Waals surface area contributed by atoms with Crippen molar-refractivity contribution < 1.29 is 0 Å². The minimum atomic E-state index is 0.703. The van der Waals surface area contributed by atoms with E-state index in [0.29, 0.717) is 10.0 Å². The Hall–Kier alpha value is -4.80. The van der Waals surface area contributed by atoms with Gasteiger partial charge in [0, 0.05) is 48.0 Å². The van der Waals surface area contributed by atoms with Crippen LogP contribution in [0.15, 0.2) is 168 Å². The first-order valence-corrected chi connectivity index (χ1v) is 16.9. The molecule has 7 aromatic carbocycles. The standard InChI is InChI=1S/C42H27BrCl2N2/c43-32-12-5-28(6-13-32)29-7-20-38(21-8-29)47-41-4-2-1-3-39(41)40-27-31(11-26-42(40)47)30-9-18-35(19-10-30)46(36-22-14-33(44)15-23-36)37-24-16-34(45)17-25-37/h1-27H. The molecule has 0 saturated carbocycles. The number of anilines is 3. The Morgan fingerprint density at radius 1 is 0.426 bits per heavy atom. The fraction of sp³-hybridized carbons (Fsp3) is 0. The van der Waals surface area contributed by atoms with E-state index >= 15 is 0 Å². The Labute approximate surface area is 292 Å². The lowest BCUT2D eigenvalue weighted by Gasteiger charge is -2.25. The molecule has 0 atom stereocenters. The lowest BCUT2D eigenvalue weighted by atomic mass is 10.0. The lowest BCUT2D eigenvalue weighted by Crippen LogP contribution is -2.09. The molecule has 0 fully saturated rings. The molecule has 47 heavy (non-hydrogen) atoms. The van der Waals surface area contributed by atoms with Crippen LogP contribution < -0.4 is 4.90 Å². The summed E-state index contributed by atoms with van der Waals surface area (Å²) in [6.07, 6.45) is 0. The minimum Gasteiger partial charge on any atom is -0.311 e. The van der Waals surface area contributed by atoms with Crippen molar-refractivity contribution >= 4 is 78.0 Å². The van der Waals surface area contributed by atoms with Gasteiger partial charge in [-0.05, 0) is 125 Å². The molecule has 1 heterocycles. The van der Waals surface area contributed by atoms with Gasteiger partial charge in [0.25, 0.3) is 0 Å². The van der Waals surface area contributed by atoms with Gasteiger partial charge in [0.15, 0.2) is 0 Å². The highest BCUT2D eigenvalue weighted by molar-refractivity contribution is 9.10. The largest absolute Gasteiger partial charge is 0.311 e. The van der Waals surface area contributed by atoms with Crippen LogP contribution in [0.5, 0.6) is 0 Å². The summed E-state index contributed by atoms with van der Waals surface area (Å²) in [5.41, 5.74) is 11.3. The van der Waals surface area contributed by atoms with E-state index in [-0.39, 0.29) is 0 Å². The number of halogens is 3. The predicted molar refractivity (Wildman–Crippen MR) is 204 cm³/mol.